The van der Waals surface area contributed by atoms with Crippen LogP contribution in [0, 0.1) is 28.6 Å². The molecule has 2 saturated carbocycles. The Labute approximate surface area is 286 Å². The molecule has 48 heavy (non-hydrogen) atoms. The number of benzene rings is 1. The van der Waals surface area contributed by atoms with Gasteiger partial charge in [-0.1, -0.05) is 43.6 Å². The lowest BCUT2D eigenvalue weighted by molar-refractivity contribution is -0.217. The molecule has 0 radical (unpaired) electrons. The van der Waals surface area contributed by atoms with Gasteiger partial charge in [-0.2, -0.15) is 0 Å². The second-order valence-electron chi connectivity index (χ2n) is 16.2. The lowest BCUT2D eigenvalue weighted by Crippen LogP contribution is -2.58. The van der Waals surface area contributed by atoms with Crippen LogP contribution in [0.5, 0.6) is 5.75 Å². The highest BCUT2D eigenvalue weighted by Gasteiger charge is 2.78. The maximum Gasteiger partial charge on any atom is 0.351 e. The van der Waals surface area contributed by atoms with Crippen molar-refractivity contribution in [1.29, 1.82) is 0 Å². The summed E-state index contributed by atoms with van der Waals surface area (Å²) in [7, 11) is 0. The Morgan fingerprint density at radius 2 is 1.31 bits per heavy atom. The molecule has 1 aromatic carbocycles. The summed E-state index contributed by atoms with van der Waals surface area (Å²) >= 11 is 3.55. The van der Waals surface area contributed by atoms with E-state index in [-0.39, 0.29) is 24.0 Å². The quantitative estimate of drug-likeness (QED) is 0.157. The minimum atomic E-state index is -1.61. The molecule has 6 atom stereocenters. The molecule has 7 rings (SSSR count). The van der Waals surface area contributed by atoms with Crippen molar-refractivity contribution in [3.63, 3.8) is 0 Å². The van der Waals surface area contributed by atoms with Gasteiger partial charge in [0, 0.05) is 33.2 Å². The summed E-state index contributed by atoms with van der Waals surface area (Å²) in [4.78, 5) is 68.1. The van der Waals surface area contributed by atoms with E-state index < -0.39 is 80.2 Å². The van der Waals surface area contributed by atoms with Crippen molar-refractivity contribution in [2.75, 3.05) is 0 Å². The van der Waals surface area contributed by atoms with Crippen molar-refractivity contribution < 1.29 is 47.3 Å². The van der Waals surface area contributed by atoms with Crippen LogP contribution in [0.15, 0.2) is 21.3 Å². The molecule has 5 aliphatic rings. The predicted octanol–water partition coefficient (Wildman–Crippen LogP) is 5.91. The number of halogens is 1. The first-order valence-corrected chi connectivity index (χ1v) is 17.5. The Hall–Kier alpha value is -3.41. The number of ether oxygens (including phenoxy) is 5. The first-order valence-electron chi connectivity index (χ1n) is 16.4. The van der Waals surface area contributed by atoms with Crippen LogP contribution in [0.3, 0.4) is 0 Å². The molecule has 0 spiro atoms. The molecule has 2 aromatic rings. The average Bonchev–Trinajstić information content (AvgIpc) is 3.46. The van der Waals surface area contributed by atoms with Crippen LogP contribution in [0.4, 0.5) is 0 Å². The van der Waals surface area contributed by atoms with Gasteiger partial charge in [-0.05, 0) is 71.9 Å². The fourth-order valence-corrected chi connectivity index (χ4v) is 9.40. The highest BCUT2D eigenvalue weighted by Crippen LogP contribution is 2.67. The predicted molar refractivity (Wildman–Crippen MR) is 173 cm³/mol. The highest BCUT2D eigenvalue weighted by atomic mass is 79.9. The van der Waals surface area contributed by atoms with Crippen LogP contribution >= 0.6 is 15.9 Å². The zero-order valence-electron chi connectivity index (χ0n) is 28.7. The average molecular weight is 730 g/mol. The molecule has 3 aliphatic heterocycles. The van der Waals surface area contributed by atoms with Gasteiger partial charge < -0.3 is 28.1 Å². The summed E-state index contributed by atoms with van der Waals surface area (Å²) in [5.41, 5.74) is -7.14. The van der Waals surface area contributed by atoms with Gasteiger partial charge >= 0.3 is 29.5 Å². The number of aryl methyl sites for hydroxylation is 1. The first-order chi connectivity index (χ1) is 22.1. The van der Waals surface area contributed by atoms with Crippen molar-refractivity contribution in [3.05, 3.63) is 39.2 Å². The van der Waals surface area contributed by atoms with E-state index in [2.05, 4.69) is 15.9 Å². The first kappa shape index (κ1) is 33.1. The normalized spacial score (nSPS) is 36.3. The molecule has 2 saturated heterocycles. The Morgan fingerprint density at radius 3 is 1.77 bits per heavy atom. The lowest BCUT2D eigenvalue weighted by atomic mass is 9.66. The van der Waals surface area contributed by atoms with Crippen LogP contribution in [0.2, 0.25) is 0 Å². The van der Waals surface area contributed by atoms with Gasteiger partial charge in [0.15, 0.2) is 12.2 Å². The maximum absolute atomic E-state index is 14.6. The summed E-state index contributed by atoms with van der Waals surface area (Å²) in [6.45, 7) is 16.0. The second-order valence-corrected chi connectivity index (χ2v) is 16.8. The molecule has 4 fully saturated rings. The van der Waals surface area contributed by atoms with Gasteiger partial charge in [-0.25, -0.2) is 14.4 Å². The SMILES string of the molecule is Cc1cc(=O)oc2c3c(c(CBr)cc12)OC(C)(C)[C@H](OC(=O)[C@@]12CC[C@@](C)(C(=O)O1)C2(C)C)[C@@H]3OC(=O)[C@@]12CC[C@@](C)(C(=O)O1)C2(C)C. The number of rotatable bonds is 5. The lowest BCUT2D eigenvalue weighted by Gasteiger charge is -2.46. The minimum absolute atomic E-state index is 0.115. The molecule has 0 N–H and O–H groups in total. The topological polar surface area (TPSA) is 145 Å². The number of esters is 4. The zero-order chi connectivity index (χ0) is 35.2. The fourth-order valence-electron chi connectivity index (χ4n) is 8.98. The van der Waals surface area contributed by atoms with E-state index in [0.717, 1.165) is 0 Å². The van der Waals surface area contributed by atoms with E-state index in [1.54, 1.807) is 34.6 Å². The second kappa shape index (κ2) is 9.63. The number of carbonyl (C=O) groups is 4. The van der Waals surface area contributed by atoms with Gasteiger partial charge in [0.2, 0.25) is 11.2 Å². The summed E-state index contributed by atoms with van der Waals surface area (Å²) in [6, 6.07) is 3.20. The Morgan fingerprint density at radius 1 is 0.792 bits per heavy atom. The molecular formula is C36H41BrO11. The fraction of sp³-hybridized carbons (Fsp3) is 0.639. The van der Waals surface area contributed by atoms with E-state index in [0.29, 0.717) is 40.4 Å². The Kier molecular flexibility index (Phi) is 6.64. The monoisotopic (exact) mass is 728 g/mol. The highest BCUT2D eigenvalue weighted by molar-refractivity contribution is 9.08. The van der Waals surface area contributed by atoms with E-state index >= 15 is 0 Å². The van der Waals surface area contributed by atoms with Crippen molar-refractivity contribution in [2.24, 2.45) is 21.7 Å². The molecule has 4 bridgehead atoms. The van der Waals surface area contributed by atoms with Crippen molar-refractivity contribution in [3.8, 4) is 5.75 Å². The van der Waals surface area contributed by atoms with Gasteiger partial charge in [-0.3, -0.25) is 9.59 Å². The Bertz CT molecular complexity index is 1910. The molecule has 0 unspecified atom stereocenters. The van der Waals surface area contributed by atoms with Crippen LogP contribution in [-0.4, -0.2) is 46.8 Å². The minimum Gasteiger partial charge on any atom is -0.483 e. The molecule has 12 heteroatoms. The molecule has 0 amide bonds. The Balaban J connectivity index is 1.41. The molecule has 4 heterocycles. The van der Waals surface area contributed by atoms with Crippen LogP contribution in [-0.2, 0) is 43.5 Å². The van der Waals surface area contributed by atoms with E-state index in [9.17, 15) is 24.0 Å². The third-order valence-electron chi connectivity index (χ3n) is 13.4. The standard InChI is InChI=1S/C36H41BrO11/c1-17-14-20(38)43-23-19(17)15-18(16-37)22-21(23)24(44-28(41)35-12-10-33(8,26(39)47-35)31(35,4)5)25(30(2,3)46-22)45-29(42)36-13-11-34(9,27(40)48-36)32(36,6)7/h14-15,24-25H,10-13,16H2,1-9H3/t24-,25-,33+,34+,35-,36-/m1/s1. The van der Waals surface area contributed by atoms with Crippen molar-refractivity contribution in [2.45, 2.75) is 122 Å². The van der Waals surface area contributed by atoms with Gasteiger partial charge in [-0.15, -0.1) is 0 Å². The van der Waals surface area contributed by atoms with E-state index in [1.165, 1.54) is 6.07 Å². The van der Waals surface area contributed by atoms with Crippen LogP contribution in [0.25, 0.3) is 11.0 Å². The van der Waals surface area contributed by atoms with E-state index in [1.807, 2.05) is 33.8 Å². The number of carbonyl (C=O) groups excluding carboxylic acids is 4. The van der Waals surface area contributed by atoms with Gasteiger partial charge in [0.25, 0.3) is 0 Å². The van der Waals surface area contributed by atoms with Gasteiger partial charge in [0.05, 0.1) is 16.4 Å². The largest absolute Gasteiger partial charge is 0.483 e. The maximum atomic E-state index is 14.6. The number of alkyl halides is 1. The number of hydrogen-bond donors (Lipinski definition) is 0. The summed E-state index contributed by atoms with van der Waals surface area (Å²) in [6.07, 6.45) is -1.34. The van der Waals surface area contributed by atoms with Crippen LogP contribution in [0.1, 0.15) is 104 Å². The summed E-state index contributed by atoms with van der Waals surface area (Å²) < 4.78 is 36.9. The molecule has 1 aromatic heterocycles. The molecule has 258 valence electrons. The number of fused-ring (bicyclic) bond motifs is 7. The summed E-state index contributed by atoms with van der Waals surface area (Å²) in [5.74, 6) is -2.23. The third-order valence-corrected chi connectivity index (χ3v) is 14.0. The summed E-state index contributed by atoms with van der Waals surface area (Å²) in [5, 5.41) is 0.913. The smallest absolute Gasteiger partial charge is 0.351 e. The van der Waals surface area contributed by atoms with Gasteiger partial charge in [0.1, 0.15) is 16.9 Å². The van der Waals surface area contributed by atoms with Crippen molar-refractivity contribution in [1.82, 2.24) is 0 Å². The number of hydrogen-bond acceptors (Lipinski definition) is 11. The van der Waals surface area contributed by atoms with Crippen LogP contribution < -0.4 is 10.4 Å². The van der Waals surface area contributed by atoms with Crippen molar-refractivity contribution >= 4 is 50.8 Å². The molecule has 2 aliphatic carbocycles. The molecule has 11 nitrogen and oxygen atoms in total. The molecular weight excluding hydrogens is 688 g/mol. The van der Waals surface area contributed by atoms with E-state index in [4.69, 9.17) is 28.1 Å². The third kappa shape index (κ3) is 3.67. The zero-order valence-corrected chi connectivity index (χ0v) is 30.3.